The lowest BCUT2D eigenvalue weighted by atomic mass is 10.0. The minimum absolute atomic E-state index is 0.226. The molecule has 0 aliphatic heterocycles. The van der Waals surface area contributed by atoms with Crippen LogP contribution in [0, 0.1) is 26.6 Å². The fourth-order valence-electron chi connectivity index (χ4n) is 3.51. The Balaban J connectivity index is 1.97. The maximum absolute atomic E-state index is 13.6. The van der Waals surface area contributed by atoms with Gasteiger partial charge in [0.25, 0.3) is 5.91 Å². The second-order valence-electron chi connectivity index (χ2n) is 7.66. The molecule has 0 bridgehead atoms. The largest absolute Gasteiger partial charge is 0.306 e. The first-order chi connectivity index (χ1) is 15.3. The second kappa shape index (κ2) is 8.59. The molecule has 6 heteroatoms. The molecule has 0 radical (unpaired) electrons. The smallest absolute Gasteiger partial charge is 0.257 e. The fraction of sp³-hybridized carbons (Fsp3) is 0.115. The number of hydrogen-bond acceptors (Lipinski definition) is 3. The Hall–Kier alpha value is -4.06. The van der Waals surface area contributed by atoms with Crippen LogP contribution in [0.1, 0.15) is 27.2 Å². The van der Waals surface area contributed by atoms with Crippen LogP contribution in [0.3, 0.4) is 0 Å². The summed E-state index contributed by atoms with van der Waals surface area (Å²) in [6, 6.07) is 20.4. The molecule has 0 spiro atoms. The van der Waals surface area contributed by atoms with Crippen molar-refractivity contribution in [2.75, 3.05) is 5.32 Å². The minimum Gasteiger partial charge on any atom is -0.306 e. The van der Waals surface area contributed by atoms with E-state index in [1.807, 2.05) is 50.2 Å². The molecule has 32 heavy (non-hydrogen) atoms. The number of nitrogens with zero attached hydrogens (tertiary/aromatic N) is 2. The third kappa shape index (κ3) is 4.07. The van der Waals surface area contributed by atoms with E-state index in [1.54, 1.807) is 31.2 Å². The molecule has 1 heterocycles. The van der Waals surface area contributed by atoms with Crippen molar-refractivity contribution in [1.82, 2.24) is 9.78 Å². The molecule has 0 aliphatic carbocycles. The monoisotopic (exact) mass is 427 g/mol. The van der Waals surface area contributed by atoms with Crippen LogP contribution >= 0.6 is 0 Å². The van der Waals surface area contributed by atoms with E-state index in [4.69, 9.17) is 0 Å². The molecule has 4 aromatic rings. The van der Waals surface area contributed by atoms with Crippen LogP contribution in [0.4, 0.5) is 10.2 Å². The minimum atomic E-state index is -0.393. The summed E-state index contributed by atoms with van der Waals surface area (Å²) in [6.07, 6.45) is 0. The summed E-state index contributed by atoms with van der Waals surface area (Å²) < 4.78 is 15.0. The van der Waals surface area contributed by atoms with E-state index in [-0.39, 0.29) is 22.8 Å². The average molecular weight is 427 g/mol. The summed E-state index contributed by atoms with van der Waals surface area (Å²) in [6.45, 7) is 5.42. The van der Waals surface area contributed by atoms with Crippen LogP contribution in [-0.2, 0) is 0 Å². The zero-order chi connectivity index (χ0) is 22.8. The zero-order valence-corrected chi connectivity index (χ0v) is 18.0. The fourth-order valence-corrected chi connectivity index (χ4v) is 3.51. The Morgan fingerprint density at radius 1 is 0.906 bits per heavy atom. The first-order valence-electron chi connectivity index (χ1n) is 10.2. The highest BCUT2D eigenvalue weighted by Gasteiger charge is 2.21. The number of rotatable bonds is 4. The highest BCUT2D eigenvalue weighted by atomic mass is 19.1. The van der Waals surface area contributed by atoms with Crippen molar-refractivity contribution in [2.45, 2.75) is 20.8 Å². The maximum atomic E-state index is 13.6. The first-order valence-corrected chi connectivity index (χ1v) is 10.2. The van der Waals surface area contributed by atoms with Gasteiger partial charge in [0.15, 0.2) is 0 Å². The highest BCUT2D eigenvalue weighted by molar-refractivity contribution is 6.06. The summed E-state index contributed by atoms with van der Waals surface area (Å²) in [4.78, 5) is 26.4. The molecule has 1 aromatic heterocycles. The molecule has 0 atom stereocenters. The second-order valence-corrected chi connectivity index (χ2v) is 7.66. The SMILES string of the molecule is Cc1ccc(-c2c(NC(=O)c3ccccc3C)n(-c3ccc(F)cc3)nc(C)c2=O)cc1. The summed E-state index contributed by atoms with van der Waals surface area (Å²) in [5.74, 6) is -0.530. The number of aryl methyl sites for hydroxylation is 3. The van der Waals surface area contributed by atoms with Gasteiger partial charge >= 0.3 is 0 Å². The average Bonchev–Trinajstić information content (AvgIpc) is 2.78. The predicted molar refractivity (Wildman–Crippen MR) is 124 cm³/mol. The third-order valence-electron chi connectivity index (χ3n) is 5.29. The van der Waals surface area contributed by atoms with Gasteiger partial charge in [-0.15, -0.1) is 0 Å². The summed E-state index contributed by atoms with van der Waals surface area (Å²) in [7, 11) is 0. The number of aromatic nitrogens is 2. The lowest BCUT2D eigenvalue weighted by Gasteiger charge is -2.19. The van der Waals surface area contributed by atoms with Crippen LogP contribution < -0.4 is 10.7 Å². The van der Waals surface area contributed by atoms with Gasteiger partial charge in [-0.05, 0) is 62.2 Å². The molecule has 0 unspecified atom stereocenters. The normalized spacial score (nSPS) is 10.8. The maximum Gasteiger partial charge on any atom is 0.257 e. The van der Waals surface area contributed by atoms with E-state index in [2.05, 4.69) is 10.4 Å². The molecule has 1 N–H and O–H groups in total. The number of carbonyl (C=O) groups is 1. The molecular formula is C26H22FN3O2. The number of amides is 1. The molecule has 3 aromatic carbocycles. The number of carbonyl (C=O) groups excluding carboxylic acids is 1. The molecule has 0 saturated carbocycles. The number of hydrogen-bond donors (Lipinski definition) is 1. The number of benzene rings is 3. The van der Waals surface area contributed by atoms with Crippen LogP contribution in [0.25, 0.3) is 16.8 Å². The van der Waals surface area contributed by atoms with Crippen molar-refractivity contribution in [1.29, 1.82) is 0 Å². The van der Waals surface area contributed by atoms with Crippen LogP contribution in [0.2, 0.25) is 0 Å². The van der Waals surface area contributed by atoms with Crippen LogP contribution in [-0.4, -0.2) is 15.7 Å². The summed E-state index contributed by atoms with van der Waals surface area (Å²) in [5.41, 5.74) is 3.81. The topological polar surface area (TPSA) is 64.0 Å². The summed E-state index contributed by atoms with van der Waals surface area (Å²) >= 11 is 0. The molecule has 5 nitrogen and oxygen atoms in total. The first kappa shape index (κ1) is 21.2. The van der Waals surface area contributed by atoms with Gasteiger partial charge < -0.3 is 5.32 Å². The quantitative estimate of drug-likeness (QED) is 0.486. The van der Waals surface area contributed by atoms with Gasteiger partial charge in [0.1, 0.15) is 17.3 Å². The molecule has 4 rings (SSSR count). The van der Waals surface area contributed by atoms with E-state index in [9.17, 15) is 14.0 Å². The van der Waals surface area contributed by atoms with Crippen molar-refractivity contribution < 1.29 is 9.18 Å². The lowest BCUT2D eigenvalue weighted by Crippen LogP contribution is -2.25. The van der Waals surface area contributed by atoms with Gasteiger partial charge in [-0.3, -0.25) is 9.59 Å². The Morgan fingerprint density at radius 3 is 2.22 bits per heavy atom. The van der Waals surface area contributed by atoms with Crippen molar-refractivity contribution >= 4 is 11.7 Å². The van der Waals surface area contributed by atoms with Crippen LogP contribution in [0.5, 0.6) is 0 Å². The predicted octanol–water partition coefficient (Wildman–Crippen LogP) is 5.22. The van der Waals surface area contributed by atoms with Crippen LogP contribution in [0.15, 0.2) is 77.6 Å². The molecule has 0 saturated heterocycles. The van der Waals surface area contributed by atoms with Gasteiger partial charge in [0, 0.05) is 5.56 Å². The van der Waals surface area contributed by atoms with E-state index in [1.165, 1.54) is 16.8 Å². The zero-order valence-electron chi connectivity index (χ0n) is 18.0. The van der Waals surface area contributed by atoms with E-state index >= 15 is 0 Å². The lowest BCUT2D eigenvalue weighted by molar-refractivity contribution is 0.102. The van der Waals surface area contributed by atoms with E-state index in [0.717, 1.165) is 11.1 Å². The number of halogens is 1. The highest BCUT2D eigenvalue weighted by Crippen LogP contribution is 2.28. The van der Waals surface area contributed by atoms with Gasteiger partial charge in [-0.2, -0.15) is 5.10 Å². The summed E-state index contributed by atoms with van der Waals surface area (Å²) in [5, 5.41) is 7.31. The number of nitrogens with one attached hydrogen (secondary N) is 1. The molecule has 1 amide bonds. The van der Waals surface area contributed by atoms with E-state index < -0.39 is 5.82 Å². The van der Waals surface area contributed by atoms with Gasteiger partial charge in [0.05, 0.1) is 11.3 Å². The van der Waals surface area contributed by atoms with Crippen molar-refractivity contribution in [3.05, 3.63) is 111 Å². The van der Waals surface area contributed by atoms with Crippen molar-refractivity contribution in [2.24, 2.45) is 0 Å². The molecular weight excluding hydrogens is 405 g/mol. The Labute approximate surface area is 185 Å². The number of anilines is 1. The Morgan fingerprint density at radius 2 is 1.56 bits per heavy atom. The molecule has 0 aliphatic rings. The third-order valence-corrected chi connectivity index (χ3v) is 5.29. The van der Waals surface area contributed by atoms with Gasteiger partial charge in [-0.1, -0.05) is 48.0 Å². The van der Waals surface area contributed by atoms with E-state index in [0.29, 0.717) is 22.4 Å². The van der Waals surface area contributed by atoms with Crippen molar-refractivity contribution in [3.8, 4) is 16.8 Å². The van der Waals surface area contributed by atoms with Gasteiger partial charge in [0.2, 0.25) is 5.43 Å². The Bertz CT molecular complexity index is 1360. The standard InChI is InChI=1S/C26H22FN3O2/c1-16-8-10-19(11-9-16)23-24(31)18(3)29-30(21-14-12-20(27)13-15-21)25(23)28-26(32)22-7-5-4-6-17(22)2/h4-15H,1-3H3,(H,28,32). The van der Waals surface area contributed by atoms with Crippen molar-refractivity contribution in [3.63, 3.8) is 0 Å². The molecule has 0 fully saturated rings. The molecule has 160 valence electrons. The van der Waals surface area contributed by atoms with Gasteiger partial charge in [-0.25, -0.2) is 9.07 Å². The Kier molecular flexibility index (Phi) is 5.69.